The average molecular weight is 256 g/mol. The number of carbonyl (C=O) groups is 1. The summed E-state index contributed by atoms with van der Waals surface area (Å²) < 4.78 is 5.33. The minimum absolute atomic E-state index is 0.139. The molecule has 0 saturated carbocycles. The molecule has 0 spiro atoms. The Morgan fingerprint density at radius 2 is 2.00 bits per heavy atom. The van der Waals surface area contributed by atoms with Crippen molar-refractivity contribution >= 4 is 6.09 Å². The molecule has 1 rings (SSSR count). The van der Waals surface area contributed by atoms with Gasteiger partial charge in [-0.1, -0.05) is 20.3 Å². The zero-order valence-corrected chi connectivity index (χ0v) is 12.4. The van der Waals surface area contributed by atoms with Crippen molar-refractivity contribution in [3.8, 4) is 0 Å². The Kier molecular flexibility index (Phi) is 5.45. The number of hydrogen-bond acceptors (Lipinski definition) is 3. The molecule has 0 aromatic carbocycles. The van der Waals surface area contributed by atoms with Crippen LogP contribution in [0.5, 0.6) is 0 Å². The number of piperidine rings is 1. The van der Waals surface area contributed by atoms with Gasteiger partial charge in [0.15, 0.2) is 0 Å². The first-order chi connectivity index (χ1) is 8.29. The van der Waals surface area contributed by atoms with Gasteiger partial charge in [0, 0.05) is 12.1 Å². The lowest BCUT2D eigenvalue weighted by Gasteiger charge is -2.35. The van der Waals surface area contributed by atoms with E-state index >= 15 is 0 Å². The van der Waals surface area contributed by atoms with Gasteiger partial charge in [0.2, 0.25) is 0 Å². The fraction of sp³-hybridized carbons (Fsp3) is 0.929. The van der Waals surface area contributed by atoms with E-state index < -0.39 is 5.60 Å². The number of ether oxygens (including phenoxy) is 1. The predicted octanol–water partition coefficient (Wildman–Crippen LogP) is 2.68. The average Bonchev–Trinajstić information content (AvgIpc) is 2.24. The molecule has 18 heavy (non-hydrogen) atoms. The minimum atomic E-state index is -0.439. The summed E-state index contributed by atoms with van der Waals surface area (Å²) >= 11 is 0. The van der Waals surface area contributed by atoms with Crippen molar-refractivity contribution in [3.05, 3.63) is 0 Å². The van der Waals surface area contributed by atoms with Crippen LogP contribution >= 0.6 is 0 Å². The standard InChI is InChI=1S/C14H28N2O2/c1-10(2)12(11-8-6-7-9-15-11)16-13(17)18-14(3,4)5/h10-12,15H,6-9H2,1-5H3,(H,16,17). The zero-order chi connectivity index (χ0) is 13.8. The summed E-state index contributed by atoms with van der Waals surface area (Å²) in [6, 6.07) is 0.506. The van der Waals surface area contributed by atoms with Crippen LogP contribution in [0.25, 0.3) is 0 Å². The fourth-order valence-electron chi connectivity index (χ4n) is 2.36. The fourth-order valence-corrected chi connectivity index (χ4v) is 2.36. The Morgan fingerprint density at radius 3 is 2.44 bits per heavy atom. The second-order valence-electron chi connectivity index (χ2n) is 6.47. The highest BCUT2D eigenvalue weighted by Gasteiger charge is 2.28. The van der Waals surface area contributed by atoms with Gasteiger partial charge in [-0.2, -0.15) is 0 Å². The molecular formula is C14H28N2O2. The summed E-state index contributed by atoms with van der Waals surface area (Å²) in [6.07, 6.45) is 3.28. The van der Waals surface area contributed by atoms with Crippen LogP contribution < -0.4 is 10.6 Å². The van der Waals surface area contributed by atoms with Crippen molar-refractivity contribution < 1.29 is 9.53 Å². The van der Waals surface area contributed by atoms with Gasteiger partial charge in [-0.3, -0.25) is 0 Å². The van der Waals surface area contributed by atoms with Gasteiger partial charge in [0.05, 0.1) is 0 Å². The van der Waals surface area contributed by atoms with Crippen LogP contribution in [-0.4, -0.2) is 30.3 Å². The number of nitrogens with one attached hydrogen (secondary N) is 2. The minimum Gasteiger partial charge on any atom is -0.444 e. The highest BCUT2D eigenvalue weighted by Crippen LogP contribution is 2.17. The molecule has 2 N–H and O–H groups in total. The van der Waals surface area contributed by atoms with Crippen molar-refractivity contribution in [3.63, 3.8) is 0 Å². The first-order valence-electron chi connectivity index (χ1n) is 7.02. The molecule has 0 radical (unpaired) electrons. The summed E-state index contributed by atoms with van der Waals surface area (Å²) in [4.78, 5) is 11.9. The van der Waals surface area contributed by atoms with Gasteiger partial charge >= 0.3 is 6.09 Å². The zero-order valence-electron chi connectivity index (χ0n) is 12.4. The Morgan fingerprint density at radius 1 is 1.33 bits per heavy atom. The van der Waals surface area contributed by atoms with E-state index in [0.29, 0.717) is 12.0 Å². The van der Waals surface area contributed by atoms with Crippen molar-refractivity contribution in [2.45, 2.75) is 71.6 Å². The van der Waals surface area contributed by atoms with Crippen molar-refractivity contribution in [2.75, 3.05) is 6.54 Å². The van der Waals surface area contributed by atoms with Crippen molar-refractivity contribution in [2.24, 2.45) is 5.92 Å². The molecule has 1 aliphatic rings. The Labute approximate surface area is 111 Å². The molecule has 2 unspecified atom stereocenters. The largest absolute Gasteiger partial charge is 0.444 e. The van der Waals surface area contributed by atoms with Crippen LogP contribution in [0.1, 0.15) is 53.9 Å². The second kappa shape index (κ2) is 6.41. The molecule has 0 aliphatic carbocycles. The summed E-state index contributed by atoms with van der Waals surface area (Å²) in [6.45, 7) is 11.0. The molecular weight excluding hydrogens is 228 g/mol. The van der Waals surface area contributed by atoms with E-state index in [9.17, 15) is 4.79 Å². The smallest absolute Gasteiger partial charge is 0.407 e. The van der Waals surface area contributed by atoms with Gasteiger partial charge in [0.1, 0.15) is 5.60 Å². The van der Waals surface area contributed by atoms with Crippen LogP contribution in [0, 0.1) is 5.92 Å². The van der Waals surface area contributed by atoms with Crippen molar-refractivity contribution in [1.82, 2.24) is 10.6 Å². The predicted molar refractivity (Wildman–Crippen MR) is 73.6 cm³/mol. The molecule has 1 saturated heterocycles. The molecule has 0 aromatic rings. The summed E-state index contributed by atoms with van der Waals surface area (Å²) in [5, 5.41) is 6.52. The van der Waals surface area contributed by atoms with Crippen LogP contribution in [0.15, 0.2) is 0 Å². The van der Waals surface area contributed by atoms with E-state index in [4.69, 9.17) is 4.74 Å². The van der Waals surface area contributed by atoms with E-state index in [-0.39, 0.29) is 12.1 Å². The molecule has 0 aromatic heterocycles. The number of alkyl carbamates (subject to hydrolysis) is 1. The summed E-state index contributed by atoms with van der Waals surface area (Å²) in [5.41, 5.74) is -0.439. The van der Waals surface area contributed by atoms with Crippen LogP contribution in [0.2, 0.25) is 0 Å². The lowest BCUT2D eigenvalue weighted by atomic mass is 9.90. The van der Waals surface area contributed by atoms with Gasteiger partial charge in [-0.15, -0.1) is 0 Å². The maximum Gasteiger partial charge on any atom is 0.407 e. The van der Waals surface area contributed by atoms with E-state index in [0.717, 1.165) is 13.0 Å². The maximum absolute atomic E-state index is 11.9. The molecule has 106 valence electrons. The number of carbonyl (C=O) groups excluding carboxylic acids is 1. The molecule has 4 heteroatoms. The lowest BCUT2D eigenvalue weighted by Crippen LogP contribution is -2.54. The third kappa shape index (κ3) is 5.25. The van der Waals surface area contributed by atoms with Crippen LogP contribution in [0.4, 0.5) is 4.79 Å². The maximum atomic E-state index is 11.9. The number of rotatable bonds is 3. The third-order valence-electron chi connectivity index (χ3n) is 3.18. The molecule has 0 bridgehead atoms. The topological polar surface area (TPSA) is 50.4 Å². The van der Waals surface area contributed by atoms with Gasteiger partial charge in [-0.25, -0.2) is 4.79 Å². The van der Waals surface area contributed by atoms with E-state index in [1.54, 1.807) is 0 Å². The highest BCUT2D eigenvalue weighted by atomic mass is 16.6. The monoisotopic (exact) mass is 256 g/mol. The molecule has 1 aliphatic heterocycles. The molecule has 2 atom stereocenters. The Balaban J connectivity index is 2.54. The Bertz CT molecular complexity index is 265. The molecule has 1 fully saturated rings. The normalized spacial score (nSPS) is 22.7. The van der Waals surface area contributed by atoms with E-state index in [2.05, 4.69) is 24.5 Å². The molecule has 1 amide bonds. The van der Waals surface area contributed by atoms with Crippen LogP contribution in [0.3, 0.4) is 0 Å². The number of amides is 1. The summed E-state index contributed by atoms with van der Waals surface area (Å²) in [5.74, 6) is 0.396. The van der Waals surface area contributed by atoms with Gasteiger partial charge in [-0.05, 0) is 46.1 Å². The van der Waals surface area contributed by atoms with Crippen LogP contribution in [-0.2, 0) is 4.74 Å². The first kappa shape index (κ1) is 15.3. The third-order valence-corrected chi connectivity index (χ3v) is 3.18. The first-order valence-corrected chi connectivity index (χ1v) is 7.02. The van der Waals surface area contributed by atoms with E-state index in [1.165, 1.54) is 12.8 Å². The second-order valence-corrected chi connectivity index (χ2v) is 6.47. The van der Waals surface area contributed by atoms with Crippen molar-refractivity contribution in [1.29, 1.82) is 0 Å². The summed E-state index contributed by atoms with van der Waals surface area (Å²) in [7, 11) is 0. The Hall–Kier alpha value is -0.770. The highest BCUT2D eigenvalue weighted by molar-refractivity contribution is 5.68. The SMILES string of the molecule is CC(C)C(NC(=O)OC(C)(C)C)C1CCCCN1. The number of hydrogen-bond donors (Lipinski definition) is 2. The van der Waals surface area contributed by atoms with Gasteiger partial charge in [0.25, 0.3) is 0 Å². The quantitative estimate of drug-likeness (QED) is 0.816. The van der Waals surface area contributed by atoms with Gasteiger partial charge < -0.3 is 15.4 Å². The molecule has 4 nitrogen and oxygen atoms in total. The molecule has 1 heterocycles. The lowest BCUT2D eigenvalue weighted by molar-refractivity contribution is 0.0469. The van der Waals surface area contributed by atoms with E-state index in [1.807, 2.05) is 20.8 Å².